The molecule has 4 heteroatoms. The Balaban J connectivity index is 2.81. The molecular formula is C8H4ClNOS. The average molecular weight is 198 g/mol. The van der Waals surface area contributed by atoms with E-state index in [1.54, 1.807) is 6.07 Å². The molecule has 0 saturated heterocycles. The van der Waals surface area contributed by atoms with Gasteiger partial charge >= 0.3 is 0 Å². The highest BCUT2D eigenvalue weighted by molar-refractivity contribution is 7.16. The highest BCUT2D eigenvalue weighted by atomic mass is 35.5. The van der Waals surface area contributed by atoms with Crippen molar-refractivity contribution in [2.75, 3.05) is 0 Å². The van der Waals surface area contributed by atoms with Crippen LogP contribution in [-0.4, -0.2) is 11.3 Å². The van der Waals surface area contributed by atoms with Crippen molar-refractivity contribution in [1.82, 2.24) is 4.98 Å². The lowest BCUT2D eigenvalue weighted by molar-refractivity contribution is 0.112. The number of nitrogens with zero attached hydrogens (tertiary/aromatic N) is 1. The molecule has 2 nitrogen and oxygen atoms in total. The van der Waals surface area contributed by atoms with E-state index in [-0.39, 0.29) is 5.15 Å². The van der Waals surface area contributed by atoms with Gasteiger partial charge in [-0.05, 0) is 17.5 Å². The zero-order valence-corrected chi connectivity index (χ0v) is 7.52. The molecule has 0 saturated carbocycles. The third kappa shape index (κ3) is 1.11. The number of carbonyl (C=O) groups is 1. The van der Waals surface area contributed by atoms with E-state index in [1.807, 2.05) is 11.4 Å². The summed E-state index contributed by atoms with van der Waals surface area (Å²) >= 11 is 7.23. The minimum Gasteiger partial charge on any atom is -0.298 e. The summed E-state index contributed by atoms with van der Waals surface area (Å²) in [7, 11) is 0. The largest absolute Gasteiger partial charge is 0.298 e. The van der Waals surface area contributed by atoms with E-state index in [2.05, 4.69) is 4.98 Å². The molecule has 0 fully saturated rings. The summed E-state index contributed by atoms with van der Waals surface area (Å²) in [5.74, 6) is 0. The Morgan fingerprint density at radius 2 is 2.42 bits per heavy atom. The van der Waals surface area contributed by atoms with Crippen LogP contribution in [0, 0.1) is 0 Å². The highest BCUT2D eigenvalue weighted by Crippen LogP contribution is 2.23. The van der Waals surface area contributed by atoms with Crippen LogP contribution in [0.5, 0.6) is 0 Å². The molecule has 2 aromatic heterocycles. The predicted octanol–water partition coefficient (Wildman–Crippen LogP) is 2.76. The summed E-state index contributed by atoms with van der Waals surface area (Å²) in [6, 6.07) is 3.66. The first kappa shape index (κ1) is 7.71. The summed E-state index contributed by atoms with van der Waals surface area (Å²) < 4.78 is 0. The van der Waals surface area contributed by atoms with Gasteiger partial charge in [0.15, 0.2) is 6.29 Å². The fraction of sp³-hybridized carbons (Fsp3) is 0. The Morgan fingerprint density at radius 3 is 3.17 bits per heavy atom. The van der Waals surface area contributed by atoms with Crippen LogP contribution in [0.1, 0.15) is 10.4 Å². The van der Waals surface area contributed by atoms with Gasteiger partial charge in [-0.3, -0.25) is 4.79 Å². The molecule has 2 aromatic rings. The number of fused-ring (bicyclic) bond motifs is 1. The average Bonchev–Trinajstić information content (AvgIpc) is 2.49. The molecule has 0 N–H and O–H groups in total. The van der Waals surface area contributed by atoms with E-state index in [4.69, 9.17) is 11.6 Å². The molecule has 2 rings (SSSR count). The summed E-state index contributed by atoms with van der Waals surface area (Å²) in [6.45, 7) is 0. The van der Waals surface area contributed by atoms with E-state index in [0.717, 1.165) is 10.2 Å². The van der Waals surface area contributed by atoms with Gasteiger partial charge < -0.3 is 0 Å². The van der Waals surface area contributed by atoms with E-state index < -0.39 is 0 Å². The molecule has 0 bridgehead atoms. The topological polar surface area (TPSA) is 30.0 Å². The second-order valence-electron chi connectivity index (χ2n) is 2.30. The quantitative estimate of drug-likeness (QED) is 0.520. The van der Waals surface area contributed by atoms with Gasteiger partial charge in [-0.1, -0.05) is 11.6 Å². The number of aromatic nitrogens is 1. The Bertz CT molecular complexity index is 438. The van der Waals surface area contributed by atoms with Crippen molar-refractivity contribution in [2.24, 2.45) is 0 Å². The van der Waals surface area contributed by atoms with Crippen molar-refractivity contribution >= 4 is 39.4 Å². The van der Waals surface area contributed by atoms with E-state index >= 15 is 0 Å². The number of halogens is 1. The first-order chi connectivity index (χ1) is 5.81. The van der Waals surface area contributed by atoms with Crippen LogP contribution in [0.15, 0.2) is 17.5 Å². The fourth-order valence-electron chi connectivity index (χ4n) is 0.975. The standard InChI is InChI=1S/C8H4ClNOS/c9-7-6(4-11)3-5-1-2-12-8(5)10-7/h1-4H. The van der Waals surface area contributed by atoms with Crippen molar-refractivity contribution in [3.8, 4) is 0 Å². The maximum Gasteiger partial charge on any atom is 0.153 e. The van der Waals surface area contributed by atoms with Gasteiger partial charge in [0.05, 0.1) is 5.56 Å². The van der Waals surface area contributed by atoms with Gasteiger partial charge in [0.25, 0.3) is 0 Å². The molecule has 12 heavy (non-hydrogen) atoms. The van der Waals surface area contributed by atoms with Crippen LogP contribution in [0.3, 0.4) is 0 Å². The van der Waals surface area contributed by atoms with Crippen LogP contribution in [0.25, 0.3) is 10.2 Å². The Labute approximate surface area is 77.8 Å². The minimum atomic E-state index is 0.278. The molecule has 0 spiro atoms. The summed E-state index contributed by atoms with van der Waals surface area (Å²) in [4.78, 5) is 15.4. The number of hydrogen-bond donors (Lipinski definition) is 0. The van der Waals surface area contributed by atoms with Gasteiger partial charge in [0.1, 0.15) is 9.98 Å². The zero-order chi connectivity index (χ0) is 8.55. The number of rotatable bonds is 1. The van der Waals surface area contributed by atoms with Gasteiger partial charge in [-0.15, -0.1) is 11.3 Å². The number of thiophene rings is 1. The van der Waals surface area contributed by atoms with Crippen LogP contribution < -0.4 is 0 Å². The molecule has 0 amide bonds. The van der Waals surface area contributed by atoms with Crippen LogP contribution in [0.4, 0.5) is 0 Å². The van der Waals surface area contributed by atoms with E-state index in [1.165, 1.54) is 11.3 Å². The normalized spacial score (nSPS) is 10.4. The Hall–Kier alpha value is -0.930. The molecule has 60 valence electrons. The third-order valence-electron chi connectivity index (χ3n) is 1.55. The van der Waals surface area contributed by atoms with Crippen molar-refractivity contribution in [3.63, 3.8) is 0 Å². The number of pyridine rings is 1. The molecule has 0 aromatic carbocycles. The van der Waals surface area contributed by atoms with E-state index in [0.29, 0.717) is 11.8 Å². The molecule has 0 unspecified atom stereocenters. The molecular weight excluding hydrogens is 194 g/mol. The predicted molar refractivity (Wildman–Crippen MR) is 50.0 cm³/mol. The minimum absolute atomic E-state index is 0.278. The van der Waals surface area contributed by atoms with Crippen LogP contribution in [-0.2, 0) is 0 Å². The van der Waals surface area contributed by atoms with Gasteiger partial charge in [0.2, 0.25) is 0 Å². The van der Waals surface area contributed by atoms with E-state index in [9.17, 15) is 4.79 Å². The number of hydrogen-bond acceptors (Lipinski definition) is 3. The number of carbonyl (C=O) groups excluding carboxylic acids is 1. The molecule has 0 aliphatic heterocycles. The smallest absolute Gasteiger partial charge is 0.153 e. The lowest BCUT2D eigenvalue weighted by atomic mass is 10.2. The van der Waals surface area contributed by atoms with Crippen molar-refractivity contribution in [3.05, 3.63) is 28.2 Å². The molecule has 0 aliphatic carbocycles. The fourth-order valence-corrected chi connectivity index (χ4v) is 1.96. The van der Waals surface area contributed by atoms with Crippen molar-refractivity contribution in [1.29, 1.82) is 0 Å². The molecule has 0 aliphatic rings. The Kier molecular flexibility index (Phi) is 1.83. The first-order valence-electron chi connectivity index (χ1n) is 3.30. The maximum atomic E-state index is 10.5. The highest BCUT2D eigenvalue weighted by Gasteiger charge is 2.03. The first-order valence-corrected chi connectivity index (χ1v) is 4.56. The summed E-state index contributed by atoms with van der Waals surface area (Å²) in [5, 5.41) is 3.16. The molecule has 0 atom stereocenters. The number of aldehydes is 1. The van der Waals surface area contributed by atoms with Crippen molar-refractivity contribution in [2.45, 2.75) is 0 Å². The SMILES string of the molecule is O=Cc1cc2ccsc2nc1Cl. The van der Waals surface area contributed by atoms with Gasteiger partial charge in [0, 0.05) is 5.39 Å². The monoisotopic (exact) mass is 197 g/mol. The zero-order valence-electron chi connectivity index (χ0n) is 5.95. The lowest BCUT2D eigenvalue weighted by Gasteiger charge is -1.94. The second kappa shape index (κ2) is 2.84. The molecule has 2 heterocycles. The Morgan fingerprint density at radius 1 is 1.58 bits per heavy atom. The lowest BCUT2D eigenvalue weighted by Crippen LogP contribution is -1.84. The van der Waals surface area contributed by atoms with Gasteiger partial charge in [-0.25, -0.2) is 4.98 Å². The summed E-state index contributed by atoms with van der Waals surface area (Å²) in [6.07, 6.45) is 0.715. The van der Waals surface area contributed by atoms with Crippen LogP contribution >= 0.6 is 22.9 Å². The van der Waals surface area contributed by atoms with Gasteiger partial charge in [-0.2, -0.15) is 0 Å². The summed E-state index contributed by atoms with van der Waals surface area (Å²) in [5.41, 5.74) is 0.447. The third-order valence-corrected chi connectivity index (χ3v) is 2.68. The van der Waals surface area contributed by atoms with Crippen LogP contribution in [0.2, 0.25) is 5.15 Å². The molecule has 0 radical (unpaired) electrons. The van der Waals surface area contributed by atoms with Crippen molar-refractivity contribution < 1.29 is 4.79 Å². The second-order valence-corrected chi connectivity index (χ2v) is 3.55. The maximum absolute atomic E-state index is 10.5.